The monoisotopic (exact) mass is 289 g/mol. The Morgan fingerprint density at radius 2 is 2.00 bits per heavy atom. The van der Waals surface area contributed by atoms with Crippen LogP contribution >= 0.6 is 0 Å². The van der Waals surface area contributed by atoms with E-state index in [4.69, 9.17) is 0 Å². The molecule has 8 nitrogen and oxygen atoms in total. The van der Waals surface area contributed by atoms with E-state index in [-0.39, 0.29) is 6.61 Å². The first-order valence-corrected chi connectivity index (χ1v) is 7.08. The van der Waals surface area contributed by atoms with Gasteiger partial charge in [0.15, 0.2) is 0 Å². The molecular formula is C13H19N7O. The SMILES string of the molecule is CNc1nc(N2CCC(CO)CC2)nc(-n2ccnc2)n1. The van der Waals surface area contributed by atoms with Crippen LogP contribution in [0.5, 0.6) is 0 Å². The lowest BCUT2D eigenvalue weighted by molar-refractivity contribution is 0.202. The Kier molecular flexibility index (Phi) is 3.96. The van der Waals surface area contributed by atoms with Crippen LogP contribution in [0.2, 0.25) is 0 Å². The molecule has 3 heterocycles. The maximum Gasteiger partial charge on any atom is 0.241 e. The quantitative estimate of drug-likeness (QED) is 0.836. The molecule has 0 spiro atoms. The molecule has 1 aliphatic heterocycles. The van der Waals surface area contributed by atoms with Crippen LogP contribution in [0.25, 0.3) is 5.95 Å². The van der Waals surface area contributed by atoms with Gasteiger partial charge in [0.2, 0.25) is 17.8 Å². The molecule has 2 N–H and O–H groups in total. The van der Waals surface area contributed by atoms with E-state index in [1.54, 1.807) is 30.3 Å². The molecule has 0 aliphatic carbocycles. The molecule has 0 aromatic carbocycles. The fraction of sp³-hybridized carbons (Fsp3) is 0.538. The van der Waals surface area contributed by atoms with Crippen molar-refractivity contribution in [2.24, 2.45) is 5.92 Å². The summed E-state index contributed by atoms with van der Waals surface area (Å²) in [4.78, 5) is 19.5. The normalized spacial score (nSPS) is 16.2. The topological polar surface area (TPSA) is 92.0 Å². The van der Waals surface area contributed by atoms with Gasteiger partial charge in [-0.3, -0.25) is 4.57 Å². The van der Waals surface area contributed by atoms with Crippen LogP contribution < -0.4 is 10.2 Å². The Bertz CT molecular complexity index is 578. The van der Waals surface area contributed by atoms with E-state index in [0.29, 0.717) is 23.8 Å². The summed E-state index contributed by atoms with van der Waals surface area (Å²) >= 11 is 0. The summed E-state index contributed by atoms with van der Waals surface area (Å²) < 4.78 is 1.76. The van der Waals surface area contributed by atoms with Gasteiger partial charge in [-0.2, -0.15) is 15.0 Å². The van der Waals surface area contributed by atoms with Gasteiger partial charge in [0.1, 0.15) is 6.33 Å². The van der Waals surface area contributed by atoms with E-state index in [9.17, 15) is 5.11 Å². The first kappa shape index (κ1) is 13.7. The summed E-state index contributed by atoms with van der Waals surface area (Å²) in [6.45, 7) is 1.95. The van der Waals surface area contributed by atoms with Crippen LogP contribution in [0.1, 0.15) is 12.8 Å². The predicted octanol–water partition coefficient (Wildman–Crippen LogP) is 0.308. The number of nitrogens with one attached hydrogen (secondary N) is 1. The molecule has 1 fully saturated rings. The molecule has 2 aromatic heterocycles. The van der Waals surface area contributed by atoms with E-state index in [0.717, 1.165) is 25.9 Å². The highest BCUT2D eigenvalue weighted by molar-refractivity contribution is 5.40. The van der Waals surface area contributed by atoms with Crippen molar-refractivity contribution in [3.05, 3.63) is 18.7 Å². The van der Waals surface area contributed by atoms with Crippen molar-refractivity contribution in [1.29, 1.82) is 0 Å². The number of aromatic nitrogens is 5. The summed E-state index contributed by atoms with van der Waals surface area (Å²) in [6, 6.07) is 0. The Hall–Kier alpha value is -2.22. The van der Waals surface area contributed by atoms with Gasteiger partial charge < -0.3 is 15.3 Å². The molecule has 0 unspecified atom stereocenters. The molecule has 0 amide bonds. The second-order valence-electron chi connectivity index (χ2n) is 5.09. The lowest BCUT2D eigenvalue weighted by Crippen LogP contribution is -2.36. The molecule has 1 saturated heterocycles. The fourth-order valence-corrected chi connectivity index (χ4v) is 2.42. The van der Waals surface area contributed by atoms with Crippen LogP contribution in [0, 0.1) is 5.92 Å². The number of aliphatic hydroxyl groups excluding tert-OH is 1. The van der Waals surface area contributed by atoms with Crippen molar-refractivity contribution in [3.63, 3.8) is 0 Å². The lowest BCUT2D eigenvalue weighted by atomic mass is 9.98. The maximum atomic E-state index is 9.22. The number of piperidine rings is 1. The van der Waals surface area contributed by atoms with Gasteiger partial charge in [0.05, 0.1) is 0 Å². The van der Waals surface area contributed by atoms with Gasteiger partial charge in [0, 0.05) is 39.1 Å². The smallest absolute Gasteiger partial charge is 0.241 e. The molecular weight excluding hydrogens is 270 g/mol. The molecule has 0 saturated carbocycles. The second kappa shape index (κ2) is 6.04. The highest BCUT2D eigenvalue weighted by Crippen LogP contribution is 2.21. The van der Waals surface area contributed by atoms with Crippen LogP contribution in [0.15, 0.2) is 18.7 Å². The Morgan fingerprint density at radius 3 is 2.62 bits per heavy atom. The van der Waals surface area contributed by atoms with Crippen molar-refractivity contribution in [2.45, 2.75) is 12.8 Å². The standard InChI is InChI=1S/C13H19N7O/c1-14-11-16-12(19-5-2-10(8-21)3-6-19)18-13(17-11)20-7-4-15-9-20/h4,7,9-10,21H,2-3,5-6,8H2,1H3,(H,14,16,17,18). The number of anilines is 2. The van der Waals surface area contributed by atoms with Crippen LogP contribution in [-0.2, 0) is 0 Å². The molecule has 112 valence electrons. The van der Waals surface area contributed by atoms with E-state index in [2.05, 4.69) is 30.2 Å². The average Bonchev–Trinajstić information content (AvgIpc) is 3.09. The summed E-state index contributed by atoms with van der Waals surface area (Å²) in [5.41, 5.74) is 0. The number of imidazole rings is 1. The molecule has 0 bridgehead atoms. The molecule has 3 rings (SSSR count). The third kappa shape index (κ3) is 2.94. The summed E-state index contributed by atoms with van der Waals surface area (Å²) in [5, 5.41) is 12.2. The van der Waals surface area contributed by atoms with Crippen molar-refractivity contribution < 1.29 is 5.11 Å². The van der Waals surface area contributed by atoms with Crippen LogP contribution in [0.3, 0.4) is 0 Å². The zero-order valence-corrected chi connectivity index (χ0v) is 12.0. The molecule has 8 heteroatoms. The predicted molar refractivity (Wildman–Crippen MR) is 78.5 cm³/mol. The zero-order valence-electron chi connectivity index (χ0n) is 12.0. The molecule has 0 radical (unpaired) electrons. The number of aliphatic hydroxyl groups is 1. The van der Waals surface area contributed by atoms with E-state index < -0.39 is 0 Å². The molecule has 21 heavy (non-hydrogen) atoms. The minimum Gasteiger partial charge on any atom is -0.396 e. The number of rotatable bonds is 4. The highest BCUT2D eigenvalue weighted by atomic mass is 16.3. The van der Waals surface area contributed by atoms with Crippen molar-refractivity contribution in [3.8, 4) is 5.95 Å². The van der Waals surface area contributed by atoms with Gasteiger partial charge >= 0.3 is 0 Å². The van der Waals surface area contributed by atoms with E-state index in [1.807, 2.05) is 0 Å². The average molecular weight is 289 g/mol. The van der Waals surface area contributed by atoms with Gasteiger partial charge in [-0.1, -0.05) is 0 Å². The van der Waals surface area contributed by atoms with Gasteiger partial charge in [-0.05, 0) is 18.8 Å². The molecule has 1 aliphatic rings. The third-order valence-electron chi connectivity index (χ3n) is 3.73. The van der Waals surface area contributed by atoms with Crippen molar-refractivity contribution in [2.75, 3.05) is 37.0 Å². The zero-order chi connectivity index (χ0) is 14.7. The first-order chi connectivity index (χ1) is 10.3. The van der Waals surface area contributed by atoms with Crippen molar-refractivity contribution >= 4 is 11.9 Å². The number of hydrogen-bond acceptors (Lipinski definition) is 7. The first-order valence-electron chi connectivity index (χ1n) is 7.08. The van der Waals surface area contributed by atoms with Crippen molar-refractivity contribution in [1.82, 2.24) is 24.5 Å². The minimum absolute atomic E-state index is 0.257. The molecule has 2 aromatic rings. The summed E-state index contributed by atoms with van der Waals surface area (Å²) in [5.74, 6) is 2.13. The van der Waals surface area contributed by atoms with Crippen LogP contribution in [-0.4, -0.2) is 56.4 Å². The van der Waals surface area contributed by atoms with Gasteiger partial charge in [0.25, 0.3) is 0 Å². The number of nitrogens with zero attached hydrogens (tertiary/aromatic N) is 6. The highest BCUT2D eigenvalue weighted by Gasteiger charge is 2.21. The maximum absolute atomic E-state index is 9.22. The van der Waals surface area contributed by atoms with Gasteiger partial charge in [-0.25, -0.2) is 4.98 Å². The Morgan fingerprint density at radius 1 is 1.24 bits per heavy atom. The third-order valence-corrected chi connectivity index (χ3v) is 3.73. The van der Waals surface area contributed by atoms with E-state index in [1.165, 1.54) is 0 Å². The van der Waals surface area contributed by atoms with Crippen LogP contribution in [0.4, 0.5) is 11.9 Å². The Balaban J connectivity index is 1.86. The summed E-state index contributed by atoms with van der Waals surface area (Å²) in [7, 11) is 1.79. The molecule has 0 atom stereocenters. The van der Waals surface area contributed by atoms with E-state index >= 15 is 0 Å². The lowest BCUT2D eigenvalue weighted by Gasteiger charge is -2.31. The largest absolute Gasteiger partial charge is 0.396 e. The fourth-order valence-electron chi connectivity index (χ4n) is 2.42. The Labute approximate surface area is 122 Å². The minimum atomic E-state index is 0.257. The number of hydrogen-bond donors (Lipinski definition) is 2. The van der Waals surface area contributed by atoms with Gasteiger partial charge in [-0.15, -0.1) is 0 Å². The second-order valence-corrected chi connectivity index (χ2v) is 5.09. The summed E-state index contributed by atoms with van der Waals surface area (Å²) in [6.07, 6.45) is 7.07.